The topological polar surface area (TPSA) is 63.8 Å². The summed E-state index contributed by atoms with van der Waals surface area (Å²) in [5.74, 6) is 0.643. The number of nitroso groups, excluding NO2 is 1. The number of rotatable bonds is 6. The maximum absolute atomic E-state index is 11.0. The van der Waals surface area contributed by atoms with E-state index in [0.717, 1.165) is 16.8 Å². The average molecular weight is 345 g/mol. The van der Waals surface area contributed by atoms with Crippen LogP contribution in [0, 0.1) is 11.8 Å². The predicted octanol–water partition coefficient (Wildman–Crippen LogP) is 5.18. The molecule has 0 saturated heterocycles. The lowest BCUT2D eigenvalue weighted by Gasteiger charge is -2.09. The molecule has 0 amide bonds. The Morgan fingerprint density at radius 3 is 2.67 bits per heavy atom. The summed E-state index contributed by atoms with van der Waals surface area (Å²) >= 11 is 5.83. The minimum atomic E-state index is -0.0999. The van der Waals surface area contributed by atoms with Gasteiger partial charge < -0.3 is 14.4 Å². The van der Waals surface area contributed by atoms with Crippen LogP contribution in [0.25, 0.3) is 10.9 Å². The van der Waals surface area contributed by atoms with Gasteiger partial charge in [0.15, 0.2) is 5.69 Å². The van der Waals surface area contributed by atoms with Crippen molar-refractivity contribution in [2.24, 2.45) is 5.18 Å². The first-order valence-corrected chi connectivity index (χ1v) is 8.01. The van der Waals surface area contributed by atoms with E-state index in [0.29, 0.717) is 30.0 Å². The van der Waals surface area contributed by atoms with Crippen LogP contribution in [0.1, 0.15) is 12.0 Å². The first kappa shape index (κ1) is 16.3. The molecule has 0 aliphatic heterocycles. The third-order valence-electron chi connectivity index (χ3n) is 3.87. The maximum atomic E-state index is 11.0. The number of hydrogen-bond acceptors (Lipinski definition) is 4. The second kappa shape index (κ2) is 6.93. The summed E-state index contributed by atoms with van der Waals surface area (Å²) in [7, 11) is 0. The summed E-state index contributed by atoms with van der Waals surface area (Å²) < 4.78 is 7.34. The summed E-state index contributed by atoms with van der Waals surface area (Å²) in [6, 6.07) is 12.8. The van der Waals surface area contributed by atoms with E-state index in [9.17, 15) is 10.0 Å². The van der Waals surface area contributed by atoms with Gasteiger partial charge in [-0.1, -0.05) is 23.2 Å². The maximum Gasteiger partial charge on any atom is 0.222 e. The number of hydrogen-bond donors (Lipinski definition) is 1. The quantitative estimate of drug-likeness (QED) is 0.495. The molecule has 0 radical (unpaired) electrons. The highest BCUT2D eigenvalue weighted by Gasteiger charge is 2.17. The number of aromatic nitrogens is 1. The molecule has 1 heterocycles. The van der Waals surface area contributed by atoms with Gasteiger partial charge in [0.1, 0.15) is 5.75 Å². The minimum Gasteiger partial charge on any atom is -0.494 e. The zero-order valence-electron chi connectivity index (χ0n) is 13.2. The highest BCUT2D eigenvalue weighted by molar-refractivity contribution is 6.30. The molecular weight excluding hydrogens is 328 g/mol. The number of halogens is 1. The highest BCUT2D eigenvalue weighted by atomic mass is 35.5. The molecular formula is C18H17ClN2O3. The zero-order valence-corrected chi connectivity index (χ0v) is 14.0. The zero-order chi connectivity index (χ0) is 17.1. The van der Waals surface area contributed by atoms with E-state index in [2.05, 4.69) is 5.18 Å². The number of aryl methyl sites for hydroxylation is 2. The van der Waals surface area contributed by atoms with Crippen molar-refractivity contribution in [3.8, 4) is 11.6 Å². The molecule has 0 aliphatic carbocycles. The van der Waals surface area contributed by atoms with Crippen molar-refractivity contribution >= 4 is 28.2 Å². The molecule has 6 heteroatoms. The number of aromatic hydroxyl groups is 1. The molecule has 0 atom stereocenters. The normalized spacial score (nSPS) is 10.9. The largest absolute Gasteiger partial charge is 0.494 e. The van der Waals surface area contributed by atoms with Crippen LogP contribution in [0.4, 0.5) is 5.69 Å². The van der Waals surface area contributed by atoms with Crippen molar-refractivity contribution in [2.45, 2.75) is 19.9 Å². The molecule has 0 spiro atoms. The van der Waals surface area contributed by atoms with Gasteiger partial charge >= 0.3 is 0 Å². The average Bonchev–Trinajstić information content (AvgIpc) is 2.83. The van der Waals surface area contributed by atoms with Crippen molar-refractivity contribution < 1.29 is 9.84 Å². The van der Waals surface area contributed by atoms with Crippen molar-refractivity contribution in [3.05, 3.63) is 58.0 Å². The Hall–Kier alpha value is -2.53. The third-order valence-corrected chi connectivity index (χ3v) is 4.12. The van der Waals surface area contributed by atoms with Crippen LogP contribution in [-0.2, 0) is 6.54 Å². The van der Waals surface area contributed by atoms with Crippen LogP contribution >= 0.6 is 11.6 Å². The van der Waals surface area contributed by atoms with E-state index in [1.54, 1.807) is 16.7 Å². The van der Waals surface area contributed by atoms with Crippen LogP contribution < -0.4 is 4.74 Å². The molecule has 0 fully saturated rings. The van der Waals surface area contributed by atoms with Crippen molar-refractivity contribution in [1.82, 2.24) is 4.57 Å². The Morgan fingerprint density at radius 2 is 1.96 bits per heavy atom. The Bertz CT molecular complexity index is 872. The molecule has 3 aromatic rings. The fourth-order valence-corrected chi connectivity index (χ4v) is 2.82. The summed E-state index contributed by atoms with van der Waals surface area (Å²) in [6.45, 7) is 2.94. The molecule has 1 aromatic heterocycles. The van der Waals surface area contributed by atoms with E-state index >= 15 is 0 Å². The summed E-state index contributed by atoms with van der Waals surface area (Å²) in [4.78, 5) is 11.0. The molecule has 0 bridgehead atoms. The van der Waals surface area contributed by atoms with Gasteiger partial charge in [0.2, 0.25) is 5.88 Å². The van der Waals surface area contributed by atoms with E-state index in [1.165, 1.54) is 0 Å². The van der Waals surface area contributed by atoms with Crippen LogP contribution in [0.3, 0.4) is 0 Å². The molecule has 5 nitrogen and oxygen atoms in total. The molecule has 2 aromatic carbocycles. The van der Waals surface area contributed by atoms with Crippen molar-refractivity contribution in [2.75, 3.05) is 6.61 Å². The van der Waals surface area contributed by atoms with Crippen molar-refractivity contribution in [1.29, 1.82) is 0 Å². The van der Waals surface area contributed by atoms with Gasteiger partial charge in [-0.3, -0.25) is 0 Å². The van der Waals surface area contributed by atoms with Crippen molar-refractivity contribution in [3.63, 3.8) is 0 Å². The van der Waals surface area contributed by atoms with Crippen LogP contribution in [0.2, 0.25) is 5.02 Å². The second-order valence-corrected chi connectivity index (χ2v) is 6.03. The Labute approximate surface area is 144 Å². The first-order chi connectivity index (χ1) is 11.6. The molecule has 124 valence electrons. The van der Waals surface area contributed by atoms with E-state index in [4.69, 9.17) is 16.3 Å². The Kier molecular flexibility index (Phi) is 4.71. The number of ether oxygens (including phenoxy) is 1. The monoisotopic (exact) mass is 344 g/mol. The van der Waals surface area contributed by atoms with Crippen LogP contribution in [0.5, 0.6) is 11.6 Å². The van der Waals surface area contributed by atoms with E-state index in [-0.39, 0.29) is 11.6 Å². The Morgan fingerprint density at radius 1 is 1.21 bits per heavy atom. The van der Waals surface area contributed by atoms with E-state index in [1.807, 2.05) is 37.3 Å². The molecule has 0 unspecified atom stereocenters. The molecule has 3 rings (SSSR count). The smallest absolute Gasteiger partial charge is 0.222 e. The second-order valence-electron chi connectivity index (χ2n) is 5.59. The SMILES string of the molecule is Cc1ccc2c(c1)c(N=O)c(O)n2CCCOc1ccc(Cl)cc1. The lowest BCUT2D eigenvalue weighted by atomic mass is 10.1. The molecule has 0 aliphatic rings. The molecule has 0 saturated carbocycles. The first-order valence-electron chi connectivity index (χ1n) is 7.63. The van der Waals surface area contributed by atoms with Gasteiger partial charge in [-0.2, -0.15) is 0 Å². The van der Waals surface area contributed by atoms with Gasteiger partial charge in [0.25, 0.3) is 0 Å². The lowest BCUT2D eigenvalue weighted by molar-refractivity contribution is 0.298. The fourth-order valence-electron chi connectivity index (χ4n) is 2.70. The number of benzene rings is 2. The predicted molar refractivity (Wildman–Crippen MR) is 95.4 cm³/mol. The number of fused-ring (bicyclic) bond motifs is 1. The fraction of sp³-hybridized carbons (Fsp3) is 0.222. The Balaban J connectivity index is 1.72. The standard InChI is InChI=1S/C18H17ClN2O3/c1-12-3-8-16-15(11-12)17(20-23)18(22)21(16)9-2-10-24-14-6-4-13(19)5-7-14/h3-8,11,22H,2,9-10H2,1H3. The minimum absolute atomic E-state index is 0.0901. The van der Waals surface area contributed by atoms with Gasteiger partial charge in [-0.05, 0) is 54.9 Å². The summed E-state index contributed by atoms with van der Waals surface area (Å²) in [5, 5.41) is 14.6. The van der Waals surface area contributed by atoms with Crippen LogP contribution in [0.15, 0.2) is 47.6 Å². The highest BCUT2D eigenvalue weighted by Crippen LogP contribution is 2.38. The van der Waals surface area contributed by atoms with Gasteiger partial charge in [0.05, 0.1) is 12.1 Å². The van der Waals surface area contributed by atoms with Gasteiger partial charge in [-0.25, -0.2) is 0 Å². The van der Waals surface area contributed by atoms with Crippen LogP contribution in [-0.4, -0.2) is 16.3 Å². The number of nitrogens with zero attached hydrogens (tertiary/aromatic N) is 2. The molecule has 1 N–H and O–H groups in total. The summed E-state index contributed by atoms with van der Waals surface area (Å²) in [6.07, 6.45) is 0.673. The van der Waals surface area contributed by atoms with E-state index < -0.39 is 0 Å². The third kappa shape index (κ3) is 3.21. The van der Waals surface area contributed by atoms with Gasteiger partial charge in [0, 0.05) is 17.0 Å². The lowest BCUT2D eigenvalue weighted by Crippen LogP contribution is -2.04. The molecule has 24 heavy (non-hydrogen) atoms. The van der Waals surface area contributed by atoms with Gasteiger partial charge in [-0.15, -0.1) is 4.91 Å². The summed E-state index contributed by atoms with van der Waals surface area (Å²) in [5.41, 5.74) is 1.89.